The maximum absolute atomic E-state index is 12.3. The first-order valence-electron chi connectivity index (χ1n) is 8.90. The van der Waals surface area contributed by atoms with E-state index in [9.17, 15) is 4.79 Å². The summed E-state index contributed by atoms with van der Waals surface area (Å²) in [5.41, 5.74) is 1.97. The van der Waals surface area contributed by atoms with Gasteiger partial charge >= 0.3 is 0 Å². The zero-order valence-electron chi connectivity index (χ0n) is 15.1. The van der Waals surface area contributed by atoms with Crippen LogP contribution in [0.15, 0.2) is 58.2 Å². The van der Waals surface area contributed by atoms with E-state index in [2.05, 4.69) is 20.6 Å². The number of nitrogens with zero attached hydrogens (tertiary/aromatic N) is 3. The average Bonchev–Trinajstić information content (AvgIpc) is 3.36. The van der Waals surface area contributed by atoms with E-state index in [4.69, 9.17) is 32.6 Å². The van der Waals surface area contributed by atoms with E-state index in [1.54, 1.807) is 24.3 Å². The molecule has 1 unspecified atom stereocenters. The number of halogens is 2. The highest BCUT2D eigenvalue weighted by molar-refractivity contribution is 6.39. The molecule has 0 saturated carbocycles. The van der Waals surface area contributed by atoms with E-state index < -0.39 is 0 Å². The van der Waals surface area contributed by atoms with Gasteiger partial charge in [-0.1, -0.05) is 51.7 Å². The summed E-state index contributed by atoms with van der Waals surface area (Å²) in [6, 6.07) is 14.5. The quantitative estimate of drug-likeness (QED) is 0.636. The molecule has 1 aliphatic rings. The molecule has 1 aliphatic heterocycles. The van der Waals surface area contributed by atoms with Crippen molar-refractivity contribution in [1.29, 1.82) is 0 Å². The van der Waals surface area contributed by atoms with Crippen molar-refractivity contribution in [2.45, 2.75) is 25.5 Å². The predicted molar refractivity (Wildman–Crippen MR) is 109 cm³/mol. The molecule has 0 bridgehead atoms. The lowest BCUT2D eigenvalue weighted by Gasteiger charge is -2.05. The third-order valence-corrected chi connectivity index (χ3v) is 4.76. The fourth-order valence-electron chi connectivity index (χ4n) is 2.88. The highest BCUT2D eigenvalue weighted by Crippen LogP contribution is 2.22. The maximum Gasteiger partial charge on any atom is 0.269 e. The molecule has 2 aromatic carbocycles. The predicted octanol–water partition coefficient (Wildman–Crippen LogP) is 4.05. The highest BCUT2D eigenvalue weighted by Gasteiger charge is 2.27. The average molecular weight is 431 g/mol. The molecular weight excluding hydrogens is 415 g/mol. The molecule has 148 valence electrons. The Balaban J connectivity index is 1.30. The zero-order valence-corrected chi connectivity index (χ0v) is 16.7. The number of carbonyl (C=O) groups is 1. The van der Waals surface area contributed by atoms with Crippen molar-refractivity contribution in [3.8, 4) is 11.5 Å². The summed E-state index contributed by atoms with van der Waals surface area (Å²) in [5.74, 6) is 0.571. The van der Waals surface area contributed by atoms with Gasteiger partial charge in [0.1, 0.15) is 11.8 Å². The second-order valence-corrected chi connectivity index (χ2v) is 7.39. The highest BCUT2D eigenvalue weighted by atomic mass is 35.5. The molecule has 0 radical (unpaired) electrons. The van der Waals surface area contributed by atoms with Crippen molar-refractivity contribution in [2.75, 3.05) is 0 Å². The summed E-state index contributed by atoms with van der Waals surface area (Å²) in [6.07, 6.45) is 0.410. The number of hydrogen-bond donors (Lipinski definition) is 1. The van der Waals surface area contributed by atoms with Crippen molar-refractivity contribution >= 4 is 34.8 Å². The van der Waals surface area contributed by atoms with E-state index in [0.29, 0.717) is 46.9 Å². The van der Waals surface area contributed by atoms with Crippen LogP contribution >= 0.6 is 23.2 Å². The van der Waals surface area contributed by atoms with Crippen LogP contribution in [-0.4, -0.2) is 27.9 Å². The van der Waals surface area contributed by atoms with Crippen LogP contribution in [0.4, 0.5) is 0 Å². The fourth-order valence-corrected chi connectivity index (χ4v) is 3.29. The van der Waals surface area contributed by atoms with Crippen LogP contribution in [0.25, 0.3) is 11.5 Å². The van der Waals surface area contributed by atoms with Crippen LogP contribution in [0.1, 0.15) is 17.8 Å². The number of hydrogen-bond acceptors (Lipinski definition) is 6. The molecule has 9 heteroatoms. The van der Waals surface area contributed by atoms with E-state index in [-0.39, 0.29) is 12.0 Å². The molecule has 2 heterocycles. The fraction of sp³-hybridized carbons (Fsp3) is 0.200. The summed E-state index contributed by atoms with van der Waals surface area (Å²) in [4.78, 5) is 22.0. The Morgan fingerprint density at radius 2 is 1.93 bits per heavy atom. The Bertz CT molecular complexity index is 1070. The van der Waals surface area contributed by atoms with Crippen LogP contribution < -0.4 is 5.32 Å². The molecule has 0 saturated heterocycles. The zero-order chi connectivity index (χ0) is 20.2. The normalized spacial score (nSPS) is 15.7. The number of benzene rings is 2. The molecule has 0 spiro atoms. The second kappa shape index (κ2) is 8.63. The first kappa shape index (κ1) is 19.4. The third kappa shape index (κ3) is 4.93. The first-order chi connectivity index (χ1) is 14.1. The van der Waals surface area contributed by atoms with E-state index >= 15 is 0 Å². The van der Waals surface area contributed by atoms with E-state index in [1.807, 2.05) is 24.3 Å². The van der Waals surface area contributed by atoms with Crippen molar-refractivity contribution in [3.05, 3.63) is 70.0 Å². The van der Waals surface area contributed by atoms with Gasteiger partial charge in [0, 0.05) is 28.6 Å². The van der Waals surface area contributed by atoms with Crippen LogP contribution in [0, 0.1) is 0 Å². The van der Waals surface area contributed by atoms with Crippen LogP contribution in [0.2, 0.25) is 10.0 Å². The molecule has 1 N–H and O–H groups in total. The van der Waals surface area contributed by atoms with Crippen molar-refractivity contribution < 1.29 is 14.2 Å². The Labute approximate surface area is 176 Å². The molecule has 1 aromatic heterocycles. The van der Waals surface area contributed by atoms with Crippen LogP contribution in [0.5, 0.6) is 0 Å². The Morgan fingerprint density at radius 1 is 1.14 bits per heavy atom. The van der Waals surface area contributed by atoms with E-state index in [1.165, 1.54) is 0 Å². The number of nitrogens with one attached hydrogen (secondary N) is 1. The van der Waals surface area contributed by atoms with Gasteiger partial charge in [0.15, 0.2) is 5.82 Å². The lowest BCUT2D eigenvalue weighted by Crippen LogP contribution is -2.30. The smallest absolute Gasteiger partial charge is 0.269 e. The summed E-state index contributed by atoms with van der Waals surface area (Å²) >= 11 is 11.9. The summed E-state index contributed by atoms with van der Waals surface area (Å²) in [6.45, 7) is 0.358. The number of amides is 1. The molecule has 7 nitrogen and oxygen atoms in total. The van der Waals surface area contributed by atoms with Crippen molar-refractivity contribution in [3.63, 3.8) is 0 Å². The molecule has 29 heavy (non-hydrogen) atoms. The number of oxime groups is 1. The molecule has 1 amide bonds. The maximum atomic E-state index is 12.3. The molecule has 1 atom stereocenters. The Hall–Kier alpha value is -2.90. The van der Waals surface area contributed by atoms with Gasteiger partial charge < -0.3 is 14.7 Å². The molecular formula is C20H16Cl2N4O3. The van der Waals surface area contributed by atoms with Crippen molar-refractivity contribution in [1.82, 2.24) is 15.5 Å². The van der Waals surface area contributed by atoms with Gasteiger partial charge in [-0.3, -0.25) is 4.79 Å². The monoisotopic (exact) mass is 430 g/mol. The largest absolute Gasteiger partial charge is 0.391 e. The molecule has 0 fully saturated rings. The number of rotatable bonds is 6. The second-order valence-electron chi connectivity index (χ2n) is 6.51. The van der Waals surface area contributed by atoms with Gasteiger partial charge in [-0.15, -0.1) is 0 Å². The number of carbonyl (C=O) groups excluding carboxylic acids is 1. The van der Waals surface area contributed by atoms with Gasteiger partial charge in [-0.2, -0.15) is 4.98 Å². The molecule has 3 aromatic rings. The summed E-state index contributed by atoms with van der Waals surface area (Å²) in [5, 5.41) is 11.9. The van der Waals surface area contributed by atoms with E-state index in [0.717, 1.165) is 11.1 Å². The standard InChI is InChI=1S/C20H16Cl2N4O3/c21-14-5-1-3-12(7-14)11-23-19(27)17-9-16(28-25-17)10-18-24-20(29-26-18)13-4-2-6-15(22)8-13/h1-8,16H,9-11H2,(H,23,27). The van der Waals surface area contributed by atoms with Gasteiger partial charge in [0.2, 0.25) is 0 Å². The minimum atomic E-state index is -0.327. The summed E-state index contributed by atoms with van der Waals surface area (Å²) < 4.78 is 5.28. The Morgan fingerprint density at radius 3 is 2.72 bits per heavy atom. The Kier molecular flexibility index (Phi) is 5.78. The molecule has 4 rings (SSSR count). The van der Waals surface area contributed by atoms with Gasteiger partial charge in [0.25, 0.3) is 11.8 Å². The van der Waals surface area contributed by atoms with Crippen molar-refractivity contribution in [2.24, 2.45) is 5.16 Å². The SMILES string of the molecule is O=C(NCc1cccc(Cl)c1)C1=NOC(Cc2noc(-c3cccc(Cl)c3)n2)C1. The minimum Gasteiger partial charge on any atom is -0.391 e. The van der Waals surface area contributed by atoms with Gasteiger partial charge in [-0.05, 0) is 35.9 Å². The lowest BCUT2D eigenvalue weighted by molar-refractivity contribution is -0.115. The first-order valence-corrected chi connectivity index (χ1v) is 9.66. The topological polar surface area (TPSA) is 89.6 Å². The summed E-state index contributed by atoms with van der Waals surface area (Å²) in [7, 11) is 0. The van der Waals surface area contributed by atoms with Crippen LogP contribution in [0.3, 0.4) is 0 Å². The lowest BCUT2D eigenvalue weighted by atomic mass is 10.1. The van der Waals surface area contributed by atoms with Gasteiger partial charge in [-0.25, -0.2) is 0 Å². The third-order valence-electron chi connectivity index (χ3n) is 4.29. The minimum absolute atomic E-state index is 0.278. The van der Waals surface area contributed by atoms with Crippen LogP contribution in [-0.2, 0) is 22.6 Å². The molecule has 0 aliphatic carbocycles. The van der Waals surface area contributed by atoms with Gasteiger partial charge in [0.05, 0.1) is 6.42 Å². The number of aromatic nitrogens is 2.